The van der Waals surface area contributed by atoms with Gasteiger partial charge in [0.1, 0.15) is 12.2 Å². The molecular formula is C22H26N2O8. The Hall–Kier alpha value is -3.76. The Morgan fingerprint density at radius 3 is 1.28 bits per heavy atom. The number of benzene rings is 2. The zero-order valence-electron chi connectivity index (χ0n) is 17.7. The molecule has 0 aliphatic heterocycles. The van der Waals surface area contributed by atoms with Gasteiger partial charge in [0.15, 0.2) is 0 Å². The van der Waals surface area contributed by atoms with E-state index in [4.69, 9.17) is 0 Å². The molecule has 0 radical (unpaired) electrons. The van der Waals surface area contributed by atoms with Crippen molar-refractivity contribution in [1.29, 1.82) is 0 Å². The van der Waals surface area contributed by atoms with E-state index in [0.29, 0.717) is 11.4 Å². The van der Waals surface area contributed by atoms with Gasteiger partial charge in [0.25, 0.3) is 11.8 Å². The Morgan fingerprint density at radius 1 is 0.688 bits per heavy atom. The van der Waals surface area contributed by atoms with Gasteiger partial charge >= 0.3 is 11.9 Å². The summed E-state index contributed by atoms with van der Waals surface area (Å²) in [6.45, 7) is 0. The average molecular weight is 446 g/mol. The SMILES string of the molecule is COC(=O)C[C@@H](O)C(=O)Nc1ccccc1.COC(=O)C[C@H](O)C(=O)Nc1ccccc1. The number of ether oxygens (including phenoxy) is 2. The highest BCUT2D eigenvalue weighted by Crippen LogP contribution is 2.07. The number of aliphatic hydroxyl groups is 2. The van der Waals surface area contributed by atoms with Crippen molar-refractivity contribution in [2.45, 2.75) is 25.0 Å². The summed E-state index contributed by atoms with van der Waals surface area (Å²) in [4.78, 5) is 44.4. The molecule has 2 aromatic rings. The molecule has 0 bridgehead atoms. The van der Waals surface area contributed by atoms with Crippen molar-refractivity contribution in [3.8, 4) is 0 Å². The first kappa shape index (κ1) is 26.3. The summed E-state index contributed by atoms with van der Waals surface area (Å²) in [5, 5.41) is 23.7. The van der Waals surface area contributed by atoms with E-state index in [1.165, 1.54) is 14.2 Å². The van der Waals surface area contributed by atoms with Gasteiger partial charge in [0, 0.05) is 11.4 Å². The van der Waals surface area contributed by atoms with E-state index >= 15 is 0 Å². The van der Waals surface area contributed by atoms with Gasteiger partial charge in [0.05, 0.1) is 27.1 Å². The standard InChI is InChI=1S/2C11H13NO4/c2*1-16-10(14)7-9(13)11(15)12-8-5-3-2-4-6-8/h2*2-6,9,13H,7H2,1H3,(H,12,15)/t2*9-/m10/s1. The van der Waals surface area contributed by atoms with Crippen LogP contribution in [-0.4, -0.2) is 60.4 Å². The maximum Gasteiger partial charge on any atom is 0.308 e. The van der Waals surface area contributed by atoms with Crippen LogP contribution in [0.3, 0.4) is 0 Å². The Labute approximate surface area is 185 Å². The lowest BCUT2D eigenvalue weighted by Gasteiger charge is -2.09. The molecule has 172 valence electrons. The normalized spacial score (nSPS) is 11.6. The van der Waals surface area contributed by atoms with Crippen molar-refractivity contribution >= 4 is 35.1 Å². The number of nitrogens with one attached hydrogen (secondary N) is 2. The molecule has 4 N–H and O–H groups in total. The molecule has 0 aliphatic carbocycles. The minimum Gasteiger partial charge on any atom is -0.469 e. The molecule has 10 nitrogen and oxygen atoms in total. The predicted molar refractivity (Wildman–Crippen MR) is 115 cm³/mol. The minimum atomic E-state index is -1.40. The van der Waals surface area contributed by atoms with Crippen LogP contribution < -0.4 is 10.6 Å². The molecule has 0 fully saturated rings. The molecule has 0 aromatic heterocycles. The predicted octanol–water partition coefficient (Wildman–Crippen LogP) is 1.10. The number of hydrogen-bond acceptors (Lipinski definition) is 8. The molecule has 2 amide bonds. The van der Waals surface area contributed by atoms with Crippen LogP contribution in [0.2, 0.25) is 0 Å². The van der Waals surface area contributed by atoms with E-state index in [0.717, 1.165) is 0 Å². The molecule has 10 heteroatoms. The molecule has 0 aliphatic rings. The quantitative estimate of drug-likeness (QED) is 0.440. The smallest absolute Gasteiger partial charge is 0.308 e. The topological polar surface area (TPSA) is 151 Å². The van der Waals surface area contributed by atoms with Crippen molar-refractivity contribution in [2.24, 2.45) is 0 Å². The molecule has 0 heterocycles. The number of carbonyl (C=O) groups is 4. The largest absolute Gasteiger partial charge is 0.469 e. The first-order valence-corrected chi connectivity index (χ1v) is 9.48. The number of hydrogen-bond donors (Lipinski definition) is 4. The number of carbonyl (C=O) groups excluding carboxylic acids is 4. The third-order valence-corrected chi connectivity index (χ3v) is 3.86. The summed E-state index contributed by atoms with van der Waals surface area (Å²) < 4.78 is 8.68. The van der Waals surface area contributed by atoms with Crippen molar-refractivity contribution < 1.29 is 38.9 Å². The van der Waals surface area contributed by atoms with Crippen LogP contribution in [0.25, 0.3) is 0 Å². The number of para-hydroxylation sites is 2. The second-order valence-electron chi connectivity index (χ2n) is 6.30. The van der Waals surface area contributed by atoms with Gasteiger partial charge < -0.3 is 30.3 Å². The first-order valence-electron chi connectivity index (χ1n) is 9.48. The van der Waals surface area contributed by atoms with Crippen molar-refractivity contribution in [1.82, 2.24) is 0 Å². The number of rotatable bonds is 8. The Morgan fingerprint density at radius 2 is 1.00 bits per heavy atom. The maximum absolute atomic E-state index is 11.4. The summed E-state index contributed by atoms with van der Waals surface area (Å²) in [6, 6.07) is 17.4. The Kier molecular flexibility index (Phi) is 11.7. The molecule has 32 heavy (non-hydrogen) atoms. The van der Waals surface area contributed by atoms with Crippen LogP contribution in [-0.2, 0) is 28.7 Å². The lowest BCUT2D eigenvalue weighted by atomic mass is 10.2. The molecule has 0 saturated heterocycles. The lowest BCUT2D eigenvalue weighted by molar-refractivity contribution is -0.145. The Bertz CT molecular complexity index is 801. The van der Waals surface area contributed by atoms with Crippen molar-refractivity contribution in [3.05, 3.63) is 60.7 Å². The molecule has 2 atom stereocenters. The molecule has 2 aromatic carbocycles. The van der Waals surface area contributed by atoms with Gasteiger partial charge in [-0.25, -0.2) is 0 Å². The molecule has 0 spiro atoms. The lowest BCUT2D eigenvalue weighted by Crippen LogP contribution is -2.30. The number of amides is 2. The third-order valence-electron chi connectivity index (χ3n) is 3.86. The zero-order valence-corrected chi connectivity index (χ0v) is 17.7. The summed E-state index contributed by atoms with van der Waals surface area (Å²) >= 11 is 0. The summed E-state index contributed by atoms with van der Waals surface area (Å²) in [6.07, 6.45) is -3.50. The van der Waals surface area contributed by atoms with Crippen LogP contribution in [0.5, 0.6) is 0 Å². The van der Waals surface area contributed by atoms with E-state index in [9.17, 15) is 29.4 Å². The van der Waals surface area contributed by atoms with Crippen LogP contribution in [0.4, 0.5) is 11.4 Å². The van der Waals surface area contributed by atoms with Crippen molar-refractivity contribution in [2.75, 3.05) is 24.9 Å². The third kappa shape index (κ3) is 10.3. The van der Waals surface area contributed by atoms with E-state index in [1.807, 2.05) is 0 Å². The fourth-order valence-electron chi connectivity index (χ4n) is 2.16. The molecule has 0 saturated carbocycles. The van der Waals surface area contributed by atoms with Crippen molar-refractivity contribution in [3.63, 3.8) is 0 Å². The van der Waals surface area contributed by atoms with E-state index < -0.39 is 36.0 Å². The monoisotopic (exact) mass is 446 g/mol. The van der Waals surface area contributed by atoms with Gasteiger partial charge in [-0.15, -0.1) is 0 Å². The summed E-state index contributed by atoms with van der Waals surface area (Å²) in [7, 11) is 2.40. The van der Waals surface area contributed by atoms with Gasteiger partial charge in [-0.3, -0.25) is 19.2 Å². The number of esters is 2. The molecule has 2 rings (SSSR count). The van der Waals surface area contributed by atoms with Crippen LogP contribution in [0, 0.1) is 0 Å². The summed E-state index contributed by atoms with van der Waals surface area (Å²) in [5.41, 5.74) is 1.13. The number of anilines is 2. The van der Waals surface area contributed by atoms with Gasteiger partial charge in [-0.2, -0.15) is 0 Å². The van der Waals surface area contributed by atoms with Crippen LogP contribution in [0.1, 0.15) is 12.8 Å². The highest BCUT2D eigenvalue weighted by molar-refractivity contribution is 5.96. The van der Waals surface area contributed by atoms with Gasteiger partial charge in [0.2, 0.25) is 0 Å². The first-order chi connectivity index (χ1) is 15.3. The average Bonchev–Trinajstić information content (AvgIpc) is 2.80. The van der Waals surface area contributed by atoms with Gasteiger partial charge in [-0.1, -0.05) is 36.4 Å². The number of aliphatic hydroxyl groups excluding tert-OH is 2. The fourth-order valence-corrected chi connectivity index (χ4v) is 2.16. The maximum atomic E-state index is 11.4. The number of methoxy groups -OCH3 is 2. The van der Waals surface area contributed by atoms with E-state index in [1.54, 1.807) is 60.7 Å². The van der Waals surface area contributed by atoms with Gasteiger partial charge in [-0.05, 0) is 24.3 Å². The minimum absolute atomic E-state index is 0.352. The second kappa shape index (κ2) is 14.3. The van der Waals surface area contributed by atoms with E-state index in [2.05, 4.69) is 20.1 Å². The van der Waals surface area contributed by atoms with E-state index in [-0.39, 0.29) is 12.8 Å². The highest BCUT2D eigenvalue weighted by Gasteiger charge is 2.20. The Balaban J connectivity index is 0.000000320. The zero-order chi connectivity index (χ0) is 23.9. The highest BCUT2D eigenvalue weighted by atomic mass is 16.5. The fraction of sp³-hybridized carbons (Fsp3) is 0.273. The van der Waals surface area contributed by atoms with Crippen LogP contribution in [0.15, 0.2) is 60.7 Å². The molecule has 0 unspecified atom stereocenters. The summed E-state index contributed by atoms with van der Waals surface area (Å²) in [5.74, 6) is -2.51. The second-order valence-corrected chi connectivity index (χ2v) is 6.30. The van der Waals surface area contributed by atoms with Crippen LogP contribution >= 0.6 is 0 Å². The molecular weight excluding hydrogens is 420 g/mol.